The van der Waals surface area contributed by atoms with Gasteiger partial charge in [-0.3, -0.25) is 4.79 Å². The number of para-hydroxylation sites is 1. The third-order valence-corrected chi connectivity index (χ3v) is 3.03. The SMILES string of the molecule is Cc1cccc(CNC(=O)c2ccccc2OC(C)C)c1. The Hall–Kier alpha value is -2.29. The van der Waals surface area contributed by atoms with E-state index in [0.29, 0.717) is 17.9 Å². The second kappa shape index (κ2) is 6.93. The van der Waals surface area contributed by atoms with Crippen LogP contribution in [0, 0.1) is 6.92 Å². The van der Waals surface area contributed by atoms with Gasteiger partial charge in [-0.2, -0.15) is 0 Å². The van der Waals surface area contributed by atoms with Gasteiger partial charge in [0.2, 0.25) is 0 Å². The van der Waals surface area contributed by atoms with Gasteiger partial charge < -0.3 is 10.1 Å². The summed E-state index contributed by atoms with van der Waals surface area (Å²) in [6.07, 6.45) is 0.0377. The number of amides is 1. The molecule has 0 spiro atoms. The average Bonchev–Trinajstić information content (AvgIpc) is 2.45. The first-order valence-corrected chi connectivity index (χ1v) is 7.15. The molecule has 0 saturated heterocycles. The molecule has 0 aliphatic heterocycles. The first-order valence-electron chi connectivity index (χ1n) is 7.15. The molecule has 2 aromatic carbocycles. The van der Waals surface area contributed by atoms with E-state index in [2.05, 4.69) is 11.4 Å². The van der Waals surface area contributed by atoms with Crippen molar-refractivity contribution in [3.63, 3.8) is 0 Å². The van der Waals surface area contributed by atoms with E-state index >= 15 is 0 Å². The molecule has 110 valence electrons. The van der Waals surface area contributed by atoms with E-state index in [1.807, 2.05) is 57.2 Å². The smallest absolute Gasteiger partial charge is 0.255 e. The zero-order valence-electron chi connectivity index (χ0n) is 12.7. The summed E-state index contributed by atoms with van der Waals surface area (Å²) in [6.45, 7) is 6.44. The number of rotatable bonds is 5. The predicted molar refractivity (Wildman–Crippen MR) is 84.6 cm³/mol. The van der Waals surface area contributed by atoms with E-state index in [-0.39, 0.29) is 12.0 Å². The molecule has 1 amide bonds. The van der Waals surface area contributed by atoms with Crippen molar-refractivity contribution in [1.29, 1.82) is 0 Å². The zero-order chi connectivity index (χ0) is 15.2. The summed E-state index contributed by atoms with van der Waals surface area (Å²) in [6, 6.07) is 15.4. The van der Waals surface area contributed by atoms with Gasteiger partial charge >= 0.3 is 0 Å². The highest BCUT2D eigenvalue weighted by Crippen LogP contribution is 2.19. The van der Waals surface area contributed by atoms with Gasteiger partial charge in [-0.05, 0) is 38.5 Å². The molecule has 0 bridgehead atoms. The summed E-state index contributed by atoms with van der Waals surface area (Å²) in [4.78, 5) is 12.3. The fourth-order valence-corrected chi connectivity index (χ4v) is 2.11. The molecule has 0 fully saturated rings. The van der Waals surface area contributed by atoms with Crippen LogP contribution in [0.3, 0.4) is 0 Å². The van der Waals surface area contributed by atoms with Gasteiger partial charge in [0.25, 0.3) is 5.91 Å². The van der Waals surface area contributed by atoms with Crippen LogP contribution in [-0.2, 0) is 6.54 Å². The lowest BCUT2D eigenvalue weighted by Gasteiger charge is -2.14. The number of carbonyl (C=O) groups excluding carboxylic acids is 1. The van der Waals surface area contributed by atoms with Crippen LogP contribution >= 0.6 is 0 Å². The molecular weight excluding hydrogens is 262 g/mol. The van der Waals surface area contributed by atoms with E-state index in [1.54, 1.807) is 6.07 Å². The third-order valence-electron chi connectivity index (χ3n) is 3.03. The van der Waals surface area contributed by atoms with Crippen molar-refractivity contribution in [3.05, 3.63) is 65.2 Å². The molecular formula is C18H21NO2. The lowest BCUT2D eigenvalue weighted by atomic mass is 10.1. The molecule has 0 unspecified atom stereocenters. The monoisotopic (exact) mass is 283 g/mol. The summed E-state index contributed by atoms with van der Waals surface area (Å²) >= 11 is 0. The summed E-state index contributed by atoms with van der Waals surface area (Å²) in [5.41, 5.74) is 2.84. The Morgan fingerprint density at radius 2 is 1.90 bits per heavy atom. The number of carbonyl (C=O) groups is 1. The standard InChI is InChI=1S/C18H21NO2/c1-13(2)21-17-10-5-4-9-16(17)18(20)19-12-15-8-6-7-14(3)11-15/h4-11,13H,12H2,1-3H3,(H,19,20). The number of benzene rings is 2. The van der Waals surface area contributed by atoms with Gasteiger partial charge in [0.1, 0.15) is 5.75 Å². The second-order valence-electron chi connectivity index (χ2n) is 5.33. The van der Waals surface area contributed by atoms with Crippen LogP contribution in [0.2, 0.25) is 0 Å². The van der Waals surface area contributed by atoms with Crippen molar-refractivity contribution < 1.29 is 9.53 Å². The summed E-state index contributed by atoms with van der Waals surface area (Å²) in [5, 5.41) is 2.94. The van der Waals surface area contributed by atoms with E-state index in [1.165, 1.54) is 5.56 Å². The Balaban J connectivity index is 2.07. The number of aryl methyl sites for hydroxylation is 1. The highest BCUT2D eigenvalue weighted by molar-refractivity contribution is 5.96. The van der Waals surface area contributed by atoms with E-state index in [0.717, 1.165) is 5.56 Å². The molecule has 3 nitrogen and oxygen atoms in total. The number of hydrogen-bond acceptors (Lipinski definition) is 2. The van der Waals surface area contributed by atoms with Gasteiger partial charge in [0.15, 0.2) is 0 Å². The number of hydrogen-bond donors (Lipinski definition) is 1. The van der Waals surface area contributed by atoms with Gasteiger partial charge in [-0.15, -0.1) is 0 Å². The molecule has 2 rings (SSSR count). The maximum absolute atomic E-state index is 12.3. The van der Waals surface area contributed by atoms with Gasteiger partial charge in [-0.1, -0.05) is 42.0 Å². The minimum absolute atomic E-state index is 0.0377. The first kappa shape index (κ1) is 15.1. The van der Waals surface area contributed by atoms with E-state index in [4.69, 9.17) is 4.74 Å². The third kappa shape index (κ3) is 4.35. The Morgan fingerprint density at radius 3 is 2.62 bits per heavy atom. The number of ether oxygens (including phenoxy) is 1. The highest BCUT2D eigenvalue weighted by Gasteiger charge is 2.12. The van der Waals surface area contributed by atoms with Crippen molar-refractivity contribution >= 4 is 5.91 Å². The van der Waals surface area contributed by atoms with Crippen molar-refractivity contribution in [1.82, 2.24) is 5.32 Å². The van der Waals surface area contributed by atoms with Crippen LogP contribution in [0.5, 0.6) is 5.75 Å². The zero-order valence-corrected chi connectivity index (χ0v) is 12.7. The normalized spacial score (nSPS) is 10.5. The molecule has 0 atom stereocenters. The minimum atomic E-state index is -0.118. The Kier molecular flexibility index (Phi) is 4.99. The van der Waals surface area contributed by atoms with E-state index in [9.17, 15) is 4.79 Å². The lowest BCUT2D eigenvalue weighted by Crippen LogP contribution is -2.24. The van der Waals surface area contributed by atoms with Crippen molar-refractivity contribution in [2.24, 2.45) is 0 Å². The van der Waals surface area contributed by atoms with Crippen LogP contribution in [-0.4, -0.2) is 12.0 Å². The van der Waals surface area contributed by atoms with Crippen LogP contribution < -0.4 is 10.1 Å². The lowest BCUT2D eigenvalue weighted by molar-refractivity contribution is 0.0945. The van der Waals surface area contributed by atoms with Crippen molar-refractivity contribution in [3.8, 4) is 5.75 Å². The predicted octanol–water partition coefficient (Wildman–Crippen LogP) is 3.71. The minimum Gasteiger partial charge on any atom is -0.490 e. The highest BCUT2D eigenvalue weighted by atomic mass is 16.5. The maximum atomic E-state index is 12.3. The maximum Gasteiger partial charge on any atom is 0.255 e. The molecule has 0 radical (unpaired) electrons. The molecule has 0 aromatic heterocycles. The average molecular weight is 283 g/mol. The summed E-state index contributed by atoms with van der Waals surface area (Å²) in [5.74, 6) is 0.502. The fraction of sp³-hybridized carbons (Fsp3) is 0.278. The van der Waals surface area contributed by atoms with Gasteiger partial charge in [-0.25, -0.2) is 0 Å². The Labute approximate surface area is 126 Å². The van der Waals surface area contributed by atoms with Crippen LogP contribution in [0.15, 0.2) is 48.5 Å². The van der Waals surface area contributed by atoms with E-state index < -0.39 is 0 Å². The largest absolute Gasteiger partial charge is 0.490 e. The second-order valence-corrected chi connectivity index (χ2v) is 5.33. The Morgan fingerprint density at radius 1 is 1.14 bits per heavy atom. The summed E-state index contributed by atoms with van der Waals surface area (Å²) < 4.78 is 5.68. The topological polar surface area (TPSA) is 38.3 Å². The molecule has 0 aliphatic carbocycles. The van der Waals surface area contributed by atoms with Crippen LogP contribution in [0.25, 0.3) is 0 Å². The fourth-order valence-electron chi connectivity index (χ4n) is 2.11. The summed E-state index contributed by atoms with van der Waals surface area (Å²) in [7, 11) is 0. The molecule has 0 aliphatic rings. The molecule has 3 heteroatoms. The van der Waals surface area contributed by atoms with Crippen LogP contribution in [0.1, 0.15) is 35.3 Å². The van der Waals surface area contributed by atoms with Crippen molar-refractivity contribution in [2.75, 3.05) is 0 Å². The van der Waals surface area contributed by atoms with Gasteiger partial charge in [0.05, 0.1) is 11.7 Å². The molecule has 0 heterocycles. The van der Waals surface area contributed by atoms with Crippen LogP contribution in [0.4, 0.5) is 0 Å². The quantitative estimate of drug-likeness (QED) is 0.908. The first-order chi connectivity index (χ1) is 10.1. The Bertz CT molecular complexity index is 620. The molecule has 0 saturated carbocycles. The van der Waals surface area contributed by atoms with Gasteiger partial charge in [0, 0.05) is 6.54 Å². The molecule has 1 N–H and O–H groups in total. The molecule has 21 heavy (non-hydrogen) atoms. The number of nitrogens with one attached hydrogen (secondary N) is 1. The molecule has 2 aromatic rings. The van der Waals surface area contributed by atoms with Crippen molar-refractivity contribution in [2.45, 2.75) is 33.4 Å².